The van der Waals surface area contributed by atoms with E-state index in [9.17, 15) is 0 Å². The molecule has 108 valence electrons. The molecule has 1 aromatic rings. The molecule has 0 saturated carbocycles. The van der Waals surface area contributed by atoms with E-state index in [0.717, 1.165) is 39.3 Å². The van der Waals surface area contributed by atoms with Crippen molar-refractivity contribution in [3.8, 4) is 0 Å². The van der Waals surface area contributed by atoms with Crippen LogP contribution in [0.5, 0.6) is 0 Å². The molecule has 1 N–H and O–H groups in total. The van der Waals surface area contributed by atoms with Gasteiger partial charge in [0.1, 0.15) is 0 Å². The van der Waals surface area contributed by atoms with Crippen LogP contribution >= 0.6 is 0 Å². The van der Waals surface area contributed by atoms with Gasteiger partial charge in [0.2, 0.25) is 0 Å². The normalized spacial score (nSPS) is 11.2. The van der Waals surface area contributed by atoms with Crippen LogP contribution in [0.15, 0.2) is 24.3 Å². The first kappa shape index (κ1) is 16.2. The first-order valence-electron chi connectivity index (χ1n) is 7.39. The molecule has 1 rings (SSSR count). The van der Waals surface area contributed by atoms with Crippen LogP contribution in [0.25, 0.3) is 0 Å². The fraction of sp³-hybridized carbons (Fsp3) is 0.625. The monoisotopic (exact) mass is 264 g/mol. The van der Waals surface area contributed by atoms with E-state index in [4.69, 9.17) is 4.74 Å². The highest BCUT2D eigenvalue weighted by atomic mass is 16.5. The van der Waals surface area contributed by atoms with Gasteiger partial charge in [-0.15, -0.1) is 0 Å². The van der Waals surface area contributed by atoms with Gasteiger partial charge >= 0.3 is 0 Å². The van der Waals surface area contributed by atoms with Gasteiger partial charge in [-0.05, 0) is 30.8 Å². The first-order chi connectivity index (χ1) is 9.31. The Morgan fingerprint density at radius 2 is 1.74 bits per heavy atom. The first-order valence-corrected chi connectivity index (χ1v) is 7.39. The van der Waals surface area contributed by atoms with E-state index in [2.05, 4.69) is 55.3 Å². The highest BCUT2D eigenvalue weighted by Crippen LogP contribution is 2.10. The molecular weight excluding hydrogens is 236 g/mol. The minimum Gasteiger partial charge on any atom is -0.375 e. The summed E-state index contributed by atoms with van der Waals surface area (Å²) in [5.74, 6) is 0. The molecule has 0 unspecified atom stereocenters. The lowest BCUT2D eigenvalue weighted by Gasteiger charge is -2.18. The van der Waals surface area contributed by atoms with Crippen LogP contribution in [0, 0.1) is 0 Å². The van der Waals surface area contributed by atoms with Gasteiger partial charge in [0, 0.05) is 13.1 Å². The third-order valence-electron chi connectivity index (χ3n) is 3.39. The van der Waals surface area contributed by atoms with Crippen molar-refractivity contribution in [1.29, 1.82) is 0 Å². The van der Waals surface area contributed by atoms with Crippen LogP contribution in [-0.4, -0.2) is 37.7 Å². The lowest BCUT2D eigenvalue weighted by atomic mass is 10.1. The molecule has 0 aromatic heterocycles. The van der Waals surface area contributed by atoms with Crippen LogP contribution in [-0.2, 0) is 17.9 Å². The molecule has 0 spiro atoms. The predicted molar refractivity (Wildman–Crippen MR) is 81.3 cm³/mol. The molecular formula is C16H28N2O. The zero-order valence-corrected chi connectivity index (χ0v) is 12.6. The molecule has 0 heterocycles. The Bertz CT molecular complexity index is 337. The predicted octanol–water partition coefficient (Wildman–Crippen LogP) is 2.65. The number of likely N-dealkylation sites (N-methyl/N-ethyl adjacent to an activating group) is 1. The zero-order chi connectivity index (χ0) is 13.9. The van der Waals surface area contributed by atoms with Crippen molar-refractivity contribution >= 4 is 0 Å². The Morgan fingerprint density at radius 3 is 2.37 bits per heavy atom. The third-order valence-corrected chi connectivity index (χ3v) is 3.39. The number of benzene rings is 1. The quantitative estimate of drug-likeness (QED) is 0.658. The number of rotatable bonds is 10. The largest absolute Gasteiger partial charge is 0.375 e. The molecule has 3 nitrogen and oxygen atoms in total. The molecule has 0 amide bonds. The Labute approximate surface area is 118 Å². The van der Waals surface area contributed by atoms with Gasteiger partial charge in [-0.2, -0.15) is 0 Å². The van der Waals surface area contributed by atoms with Gasteiger partial charge in [0.25, 0.3) is 0 Å². The van der Waals surface area contributed by atoms with Crippen molar-refractivity contribution < 1.29 is 4.74 Å². The molecule has 0 aliphatic rings. The smallest absolute Gasteiger partial charge is 0.0720 e. The Kier molecular flexibility index (Phi) is 8.47. The van der Waals surface area contributed by atoms with Crippen molar-refractivity contribution in [3.05, 3.63) is 35.4 Å². The van der Waals surface area contributed by atoms with E-state index in [-0.39, 0.29) is 0 Å². The molecule has 1 aromatic carbocycles. The number of nitrogens with zero attached hydrogens (tertiary/aromatic N) is 1. The maximum absolute atomic E-state index is 5.81. The van der Waals surface area contributed by atoms with E-state index in [0.29, 0.717) is 6.61 Å². The maximum atomic E-state index is 5.81. The summed E-state index contributed by atoms with van der Waals surface area (Å²) in [5.41, 5.74) is 2.63. The average molecular weight is 264 g/mol. The van der Waals surface area contributed by atoms with Crippen molar-refractivity contribution in [1.82, 2.24) is 10.2 Å². The fourth-order valence-electron chi connectivity index (χ4n) is 2.05. The second kappa shape index (κ2) is 9.96. The van der Waals surface area contributed by atoms with Crippen LogP contribution in [0.1, 0.15) is 31.9 Å². The van der Waals surface area contributed by atoms with Crippen molar-refractivity contribution in [3.63, 3.8) is 0 Å². The summed E-state index contributed by atoms with van der Waals surface area (Å²) in [6.07, 6.45) is 0. The van der Waals surface area contributed by atoms with E-state index < -0.39 is 0 Å². The molecule has 19 heavy (non-hydrogen) atoms. The minimum absolute atomic E-state index is 0.711. The van der Waals surface area contributed by atoms with Crippen molar-refractivity contribution in [2.24, 2.45) is 0 Å². The zero-order valence-electron chi connectivity index (χ0n) is 12.6. The number of hydrogen-bond donors (Lipinski definition) is 1. The molecule has 3 heteroatoms. The second-order valence-corrected chi connectivity index (χ2v) is 4.63. The van der Waals surface area contributed by atoms with Crippen LogP contribution < -0.4 is 5.32 Å². The Balaban J connectivity index is 2.35. The van der Waals surface area contributed by atoms with E-state index in [1.54, 1.807) is 0 Å². The van der Waals surface area contributed by atoms with Gasteiger partial charge < -0.3 is 15.0 Å². The van der Waals surface area contributed by atoms with Crippen LogP contribution in [0.4, 0.5) is 0 Å². The van der Waals surface area contributed by atoms with Gasteiger partial charge in [-0.3, -0.25) is 0 Å². The standard InChI is InChI=1S/C16H28N2O/c1-4-17-13-15-9-7-8-10-16(15)14-19-12-11-18(5-2)6-3/h7-10,17H,4-6,11-14H2,1-3H3. The summed E-state index contributed by atoms with van der Waals surface area (Å²) in [4.78, 5) is 2.38. The third kappa shape index (κ3) is 6.19. The molecule has 0 radical (unpaired) electrons. The summed E-state index contributed by atoms with van der Waals surface area (Å²) in [5, 5.41) is 3.37. The van der Waals surface area contributed by atoms with Gasteiger partial charge in [0.15, 0.2) is 0 Å². The molecule has 0 fully saturated rings. The SMILES string of the molecule is CCNCc1ccccc1COCCN(CC)CC. The van der Waals surface area contributed by atoms with Crippen molar-refractivity contribution in [2.75, 3.05) is 32.8 Å². The number of nitrogens with one attached hydrogen (secondary N) is 1. The summed E-state index contributed by atoms with van der Waals surface area (Å²) in [7, 11) is 0. The Hall–Kier alpha value is -0.900. The lowest BCUT2D eigenvalue weighted by Crippen LogP contribution is -2.27. The lowest BCUT2D eigenvalue weighted by molar-refractivity contribution is 0.0951. The molecule has 0 saturated heterocycles. The molecule has 0 atom stereocenters. The summed E-state index contributed by atoms with van der Waals surface area (Å²) >= 11 is 0. The number of hydrogen-bond acceptors (Lipinski definition) is 3. The summed E-state index contributed by atoms with van der Waals surface area (Å²) in [6.45, 7) is 13.1. The van der Waals surface area contributed by atoms with Gasteiger partial charge in [-0.25, -0.2) is 0 Å². The van der Waals surface area contributed by atoms with Crippen LogP contribution in [0.2, 0.25) is 0 Å². The van der Waals surface area contributed by atoms with E-state index in [1.807, 2.05) is 0 Å². The van der Waals surface area contributed by atoms with Gasteiger partial charge in [0.05, 0.1) is 13.2 Å². The van der Waals surface area contributed by atoms with E-state index >= 15 is 0 Å². The van der Waals surface area contributed by atoms with Crippen LogP contribution in [0.3, 0.4) is 0 Å². The Morgan fingerprint density at radius 1 is 1.05 bits per heavy atom. The fourth-order valence-corrected chi connectivity index (χ4v) is 2.05. The minimum atomic E-state index is 0.711. The molecule has 0 bridgehead atoms. The maximum Gasteiger partial charge on any atom is 0.0720 e. The van der Waals surface area contributed by atoms with Gasteiger partial charge in [-0.1, -0.05) is 45.0 Å². The molecule has 0 aliphatic heterocycles. The summed E-state index contributed by atoms with van der Waals surface area (Å²) in [6, 6.07) is 8.50. The second-order valence-electron chi connectivity index (χ2n) is 4.63. The highest BCUT2D eigenvalue weighted by Gasteiger charge is 2.02. The average Bonchev–Trinajstić information content (AvgIpc) is 2.46. The van der Waals surface area contributed by atoms with Crippen molar-refractivity contribution in [2.45, 2.75) is 33.9 Å². The number of ether oxygens (including phenoxy) is 1. The highest BCUT2D eigenvalue weighted by molar-refractivity contribution is 5.26. The summed E-state index contributed by atoms with van der Waals surface area (Å²) < 4.78 is 5.81. The van der Waals surface area contributed by atoms with E-state index in [1.165, 1.54) is 11.1 Å². The topological polar surface area (TPSA) is 24.5 Å². The molecule has 0 aliphatic carbocycles.